The summed E-state index contributed by atoms with van der Waals surface area (Å²) in [5.41, 5.74) is 0. The van der Waals surface area contributed by atoms with Crippen LogP contribution in [0.15, 0.2) is 42.5 Å². The summed E-state index contributed by atoms with van der Waals surface area (Å²) in [6.07, 6.45) is 25.5. The molecule has 0 aromatic rings. The SMILES string of the molecule is [C]1=C/C=C\CC/C=C\C/C=C\CCC/1. The zero-order chi connectivity index (χ0) is 9.90. The van der Waals surface area contributed by atoms with Crippen LogP contribution in [0.4, 0.5) is 0 Å². The Balaban J connectivity index is 2.34. The molecule has 75 valence electrons. The van der Waals surface area contributed by atoms with E-state index < -0.39 is 0 Å². The highest BCUT2D eigenvalue weighted by Gasteiger charge is 1.81. The molecule has 0 atom stereocenters. The summed E-state index contributed by atoms with van der Waals surface area (Å²) in [4.78, 5) is 0. The Morgan fingerprint density at radius 1 is 0.786 bits per heavy atom. The van der Waals surface area contributed by atoms with Gasteiger partial charge in [0.15, 0.2) is 0 Å². The van der Waals surface area contributed by atoms with Gasteiger partial charge in [0, 0.05) is 0 Å². The molecule has 0 heteroatoms. The number of hydrogen-bond acceptors (Lipinski definition) is 0. The van der Waals surface area contributed by atoms with Crippen molar-refractivity contribution >= 4 is 0 Å². The summed E-state index contributed by atoms with van der Waals surface area (Å²) in [6.45, 7) is 0. The molecule has 0 nitrogen and oxygen atoms in total. The third-order valence-corrected chi connectivity index (χ3v) is 2.15. The lowest BCUT2D eigenvalue weighted by Gasteiger charge is -1.90. The minimum atomic E-state index is 1.07. The molecule has 1 rings (SSSR count). The van der Waals surface area contributed by atoms with Crippen molar-refractivity contribution < 1.29 is 0 Å². The monoisotopic (exact) mass is 187 g/mol. The first-order valence-electron chi connectivity index (χ1n) is 5.52. The van der Waals surface area contributed by atoms with Gasteiger partial charge in [-0.2, -0.15) is 0 Å². The minimum Gasteiger partial charge on any atom is -0.0882 e. The second-order valence-corrected chi connectivity index (χ2v) is 3.45. The van der Waals surface area contributed by atoms with Crippen molar-refractivity contribution in [1.29, 1.82) is 0 Å². The van der Waals surface area contributed by atoms with Gasteiger partial charge in [-0.3, -0.25) is 0 Å². The molecule has 0 saturated carbocycles. The normalized spacial score (nSPS) is 28.6. The summed E-state index contributed by atoms with van der Waals surface area (Å²) in [6, 6.07) is 0. The van der Waals surface area contributed by atoms with Crippen LogP contribution in [0, 0.1) is 6.08 Å². The van der Waals surface area contributed by atoms with Crippen LogP contribution in [0.25, 0.3) is 0 Å². The molecule has 0 fully saturated rings. The Kier molecular flexibility index (Phi) is 6.74. The van der Waals surface area contributed by atoms with Gasteiger partial charge in [-0.15, -0.1) is 0 Å². The molecule has 0 heterocycles. The van der Waals surface area contributed by atoms with Crippen molar-refractivity contribution in [2.75, 3.05) is 0 Å². The highest BCUT2D eigenvalue weighted by molar-refractivity contribution is 5.01. The smallest absolute Gasteiger partial charge is 0.0169 e. The highest BCUT2D eigenvalue weighted by Crippen LogP contribution is 2.01. The molecule has 0 aliphatic heterocycles. The molecule has 0 N–H and O–H groups in total. The fourth-order valence-corrected chi connectivity index (χ4v) is 1.34. The Hall–Kier alpha value is -1.04. The predicted molar refractivity (Wildman–Crippen MR) is 62.9 cm³/mol. The lowest BCUT2D eigenvalue weighted by atomic mass is 10.2. The fourth-order valence-electron chi connectivity index (χ4n) is 1.34. The quantitative estimate of drug-likeness (QED) is 0.494. The topological polar surface area (TPSA) is 0 Å². The van der Waals surface area contributed by atoms with E-state index in [9.17, 15) is 0 Å². The van der Waals surface area contributed by atoms with Crippen LogP contribution in [0.3, 0.4) is 0 Å². The molecule has 0 aromatic heterocycles. The zero-order valence-electron chi connectivity index (χ0n) is 8.78. The van der Waals surface area contributed by atoms with E-state index >= 15 is 0 Å². The zero-order valence-corrected chi connectivity index (χ0v) is 8.78. The summed E-state index contributed by atoms with van der Waals surface area (Å²) in [7, 11) is 0. The van der Waals surface area contributed by atoms with Crippen LogP contribution >= 0.6 is 0 Å². The molecule has 0 saturated heterocycles. The fraction of sp³-hybridized carbons (Fsp3) is 0.429. The van der Waals surface area contributed by atoms with Crippen molar-refractivity contribution in [3.63, 3.8) is 0 Å². The lowest BCUT2D eigenvalue weighted by Crippen LogP contribution is -1.71. The summed E-state index contributed by atoms with van der Waals surface area (Å²) >= 11 is 0. The molecule has 0 bridgehead atoms. The van der Waals surface area contributed by atoms with Gasteiger partial charge >= 0.3 is 0 Å². The third-order valence-electron chi connectivity index (χ3n) is 2.15. The van der Waals surface area contributed by atoms with Crippen LogP contribution < -0.4 is 0 Å². The van der Waals surface area contributed by atoms with Gasteiger partial charge in [0.25, 0.3) is 0 Å². The number of rotatable bonds is 0. The first kappa shape index (κ1) is 11.0. The predicted octanol–water partition coefficient (Wildman–Crippen LogP) is 4.37. The van der Waals surface area contributed by atoms with E-state index in [-0.39, 0.29) is 0 Å². The Labute approximate surface area is 87.7 Å². The number of allylic oxidation sites excluding steroid dienone is 8. The Morgan fingerprint density at radius 2 is 1.57 bits per heavy atom. The Morgan fingerprint density at radius 3 is 2.50 bits per heavy atom. The average molecular weight is 187 g/mol. The number of hydrogen-bond donors (Lipinski definition) is 0. The van der Waals surface area contributed by atoms with E-state index in [1.54, 1.807) is 0 Å². The lowest BCUT2D eigenvalue weighted by molar-refractivity contribution is 0.852. The molecule has 0 spiro atoms. The standard InChI is InChI=1S/C14H19/c1-2-4-6-8-10-12-14-13-11-9-7-5-3-1/h1-3,8,10,13-14H,4,6-7,9,11-12H2/b2-1-,5-3?,10-8-,14-13-. The maximum absolute atomic E-state index is 3.28. The van der Waals surface area contributed by atoms with Crippen LogP contribution in [0.5, 0.6) is 0 Å². The van der Waals surface area contributed by atoms with Gasteiger partial charge in [-0.1, -0.05) is 42.5 Å². The summed E-state index contributed by atoms with van der Waals surface area (Å²) in [5, 5.41) is 0. The van der Waals surface area contributed by atoms with E-state index in [2.05, 4.69) is 42.5 Å². The van der Waals surface area contributed by atoms with E-state index in [0.29, 0.717) is 0 Å². The van der Waals surface area contributed by atoms with Gasteiger partial charge in [0.05, 0.1) is 0 Å². The van der Waals surface area contributed by atoms with Crippen LogP contribution in [0.1, 0.15) is 38.5 Å². The van der Waals surface area contributed by atoms with Crippen molar-refractivity contribution in [3.05, 3.63) is 48.6 Å². The molecule has 0 aromatic carbocycles. The van der Waals surface area contributed by atoms with Crippen molar-refractivity contribution in [1.82, 2.24) is 0 Å². The second kappa shape index (κ2) is 8.55. The summed E-state index contributed by atoms with van der Waals surface area (Å²) in [5.74, 6) is 0. The molecule has 0 unspecified atom stereocenters. The molecular formula is C14H19. The molecule has 1 aliphatic carbocycles. The average Bonchev–Trinajstić information content (AvgIpc) is 2.22. The van der Waals surface area contributed by atoms with Crippen LogP contribution in [-0.2, 0) is 0 Å². The molecule has 1 aliphatic rings. The van der Waals surface area contributed by atoms with Crippen molar-refractivity contribution in [2.24, 2.45) is 0 Å². The minimum absolute atomic E-state index is 1.07. The highest BCUT2D eigenvalue weighted by atomic mass is 13.9. The maximum atomic E-state index is 3.28. The van der Waals surface area contributed by atoms with E-state index in [4.69, 9.17) is 0 Å². The van der Waals surface area contributed by atoms with Gasteiger partial charge in [-0.05, 0) is 44.6 Å². The van der Waals surface area contributed by atoms with Gasteiger partial charge < -0.3 is 0 Å². The van der Waals surface area contributed by atoms with Crippen molar-refractivity contribution in [3.8, 4) is 0 Å². The van der Waals surface area contributed by atoms with Gasteiger partial charge in [0.1, 0.15) is 0 Å². The van der Waals surface area contributed by atoms with Gasteiger partial charge in [0.2, 0.25) is 0 Å². The van der Waals surface area contributed by atoms with E-state index in [1.807, 2.05) is 6.08 Å². The van der Waals surface area contributed by atoms with Crippen LogP contribution in [-0.4, -0.2) is 0 Å². The third kappa shape index (κ3) is 6.47. The maximum Gasteiger partial charge on any atom is -0.0169 e. The van der Waals surface area contributed by atoms with E-state index in [0.717, 1.165) is 25.7 Å². The van der Waals surface area contributed by atoms with Crippen molar-refractivity contribution in [2.45, 2.75) is 38.5 Å². The van der Waals surface area contributed by atoms with Gasteiger partial charge in [-0.25, -0.2) is 0 Å². The summed E-state index contributed by atoms with van der Waals surface area (Å²) < 4.78 is 0. The first-order valence-corrected chi connectivity index (χ1v) is 5.52. The molecule has 1 radical (unpaired) electrons. The first-order chi connectivity index (χ1) is 7.00. The molecule has 14 heavy (non-hydrogen) atoms. The second-order valence-electron chi connectivity index (χ2n) is 3.45. The van der Waals surface area contributed by atoms with E-state index in [1.165, 1.54) is 12.8 Å². The Bertz CT molecular complexity index is 228. The molecular weight excluding hydrogens is 168 g/mol. The van der Waals surface area contributed by atoms with Crippen LogP contribution in [0.2, 0.25) is 0 Å². The largest absolute Gasteiger partial charge is 0.0882 e. The molecule has 0 amide bonds.